The van der Waals surface area contributed by atoms with E-state index in [2.05, 4.69) is 34.1 Å². The lowest BCUT2D eigenvalue weighted by Gasteiger charge is -2.07. The summed E-state index contributed by atoms with van der Waals surface area (Å²) in [5.41, 5.74) is 1.06. The Labute approximate surface area is 105 Å². The van der Waals surface area contributed by atoms with Crippen LogP contribution in [0.4, 0.5) is 5.82 Å². The third-order valence-electron chi connectivity index (χ3n) is 2.39. The molecule has 0 spiro atoms. The molecule has 1 N–H and O–H groups in total. The second-order valence-electron chi connectivity index (χ2n) is 4.18. The third kappa shape index (κ3) is 3.23. The van der Waals surface area contributed by atoms with Gasteiger partial charge in [0.05, 0.1) is 11.6 Å². The molecule has 0 unspecified atom stereocenters. The average Bonchev–Trinajstić information content (AvgIpc) is 2.73. The highest BCUT2D eigenvalue weighted by atomic mass is 32.1. The van der Waals surface area contributed by atoms with Crippen molar-refractivity contribution in [1.29, 1.82) is 0 Å². The lowest BCUT2D eigenvalue weighted by Crippen LogP contribution is -2.02. The molecule has 0 aliphatic rings. The maximum absolute atomic E-state index is 4.24. The number of aryl methyl sites for hydroxylation is 1. The van der Waals surface area contributed by atoms with Gasteiger partial charge < -0.3 is 5.32 Å². The third-order valence-corrected chi connectivity index (χ3v) is 3.31. The molecule has 90 valence electrons. The monoisotopic (exact) mass is 248 g/mol. The first-order valence-corrected chi connectivity index (χ1v) is 6.44. The van der Waals surface area contributed by atoms with Gasteiger partial charge >= 0.3 is 0 Å². The van der Waals surface area contributed by atoms with Gasteiger partial charge in [0, 0.05) is 22.8 Å². The van der Waals surface area contributed by atoms with Crippen molar-refractivity contribution in [2.45, 2.75) is 33.2 Å². The molecule has 5 heteroatoms. The van der Waals surface area contributed by atoms with Crippen molar-refractivity contribution in [2.75, 3.05) is 5.32 Å². The molecule has 0 atom stereocenters. The number of aromatic nitrogens is 3. The number of hydrogen-bond donors (Lipinski definition) is 1. The largest absolute Gasteiger partial charge is 0.365 e. The predicted molar refractivity (Wildman–Crippen MR) is 70.3 cm³/mol. The Balaban J connectivity index is 2.01. The molecule has 0 amide bonds. The summed E-state index contributed by atoms with van der Waals surface area (Å²) in [6, 6.07) is 2.00. The summed E-state index contributed by atoms with van der Waals surface area (Å²) >= 11 is 1.70. The Kier molecular flexibility index (Phi) is 3.68. The summed E-state index contributed by atoms with van der Waals surface area (Å²) in [4.78, 5) is 13.9. The number of rotatable bonds is 4. The first-order valence-electron chi connectivity index (χ1n) is 5.62. The first kappa shape index (κ1) is 12.0. The molecule has 0 radical (unpaired) electrons. The van der Waals surface area contributed by atoms with Crippen LogP contribution in [0, 0.1) is 6.92 Å². The zero-order chi connectivity index (χ0) is 12.3. The lowest BCUT2D eigenvalue weighted by molar-refractivity contribution is 0.814. The van der Waals surface area contributed by atoms with Crippen molar-refractivity contribution >= 4 is 17.2 Å². The highest BCUT2D eigenvalue weighted by Crippen LogP contribution is 2.16. The Hall–Kier alpha value is -1.49. The van der Waals surface area contributed by atoms with Gasteiger partial charge in [0.25, 0.3) is 0 Å². The molecule has 2 aromatic rings. The van der Waals surface area contributed by atoms with Crippen molar-refractivity contribution < 1.29 is 0 Å². The van der Waals surface area contributed by atoms with Gasteiger partial charge in [-0.15, -0.1) is 11.3 Å². The van der Waals surface area contributed by atoms with Crippen molar-refractivity contribution in [1.82, 2.24) is 15.0 Å². The second kappa shape index (κ2) is 5.23. The fourth-order valence-electron chi connectivity index (χ4n) is 1.45. The van der Waals surface area contributed by atoms with E-state index in [0.29, 0.717) is 5.92 Å². The van der Waals surface area contributed by atoms with E-state index in [1.165, 1.54) is 4.88 Å². The Morgan fingerprint density at radius 2 is 2.12 bits per heavy atom. The van der Waals surface area contributed by atoms with Crippen LogP contribution in [0.25, 0.3) is 0 Å². The van der Waals surface area contributed by atoms with E-state index < -0.39 is 0 Å². The van der Waals surface area contributed by atoms with Gasteiger partial charge in [-0.3, -0.25) is 0 Å². The minimum atomic E-state index is 0.421. The van der Waals surface area contributed by atoms with E-state index in [0.717, 1.165) is 23.1 Å². The number of nitrogens with one attached hydrogen (secondary N) is 1. The van der Waals surface area contributed by atoms with E-state index in [-0.39, 0.29) is 0 Å². The van der Waals surface area contributed by atoms with Crippen LogP contribution >= 0.6 is 11.3 Å². The fraction of sp³-hybridized carbons (Fsp3) is 0.417. The van der Waals surface area contributed by atoms with E-state index in [9.17, 15) is 0 Å². The molecule has 0 saturated heterocycles. The quantitative estimate of drug-likeness (QED) is 0.903. The van der Waals surface area contributed by atoms with E-state index in [4.69, 9.17) is 0 Å². The number of hydrogen-bond acceptors (Lipinski definition) is 5. The van der Waals surface area contributed by atoms with Crippen molar-refractivity contribution in [3.05, 3.63) is 34.2 Å². The minimum absolute atomic E-state index is 0.421. The zero-order valence-electron chi connectivity index (χ0n) is 10.3. The van der Waals surface area contributed by atoms with Gasteiger partial charge in [-0.25, -0.2) is 15.0 Å². The summed E-state index contributed by atoms with van der Waals surface area (Å²) in [6.45, 7) is 7.02. The maximum atomic E-state index is 4.24. The van der Waals surface area contributed by atoms with Gasteiger partial charge in [0.1, 0.15) is 12.1 Å². The van der Waals surface area contributed by atoms with Crippen LogP contribution in [0.5, 0.6) is 0 Å². The smallest absolute Gasteiger partial charge is 0.129 e. The van der Waals surface area contributed by atoms with E-state index in [1.807, 2.05) is 19.2 Å². The predicted octanol–water partition coefficient (Wildman–Crippen LogP) is 2.98. The van der Waals surface area contributed by atoms with Crippen LogP contribution in [0.15, 0.2) is 18.6 Å². The molecule has 17 heavy (non-hydrogen) atoms. The zero-order valence-corrected chi connectivity index (χ0v) is 11.1. The summed E-state index contributed by atoms with van der Waals surface area (Å²) < 4.78 is 0. The molecule has 4 nitrogen and oxygen atoms in total. The van der Waals surface area contributed by atoms with Gasteiger partial charge in [0.15, 0.2) is 0 Å². The molecule has 0 aromatic carbocycles. The Morgan fingerprint density at radius 3 is 2.76 bits per heavy atom. The minimum Gasteiger partial charge on any atom is -0.365 e. The summed E-state index contributed by atoms with van der Waals surface area (Å²) in [6.07, 6.45) is 3.51. The van der Waals surface area contributed by atoms with E-state index in [1.54, 1.807) is 17.7 Å². The summed E-state index contributed by atoms with van der Waals surface area (Å²) in [5.74, 6) is 1.29. The molecule has 2 rings (SSSR count). The Bertz CT molecular complexity index is 493. The molecular formula is C12H16N4S. The fourth-order valence-corrected chi connectivity index (χ4v) is 2.18. The SMILES string of the molecule is Cc1ncc(CNc2cc(C(C)C)ncn2)s1. The molecule has 0 fully saturated rings. The van der Waals surface area contributed by atoms with Crippen LogP contribution in [-0.2, 0) is 6.54 Å². The van der Waals surface area contributed by atoms with Crippen molar-refractivity contribution in [3.63, 3.8) is 0 Å². The van der Waals surface area contributed by atoms with Crippen LogP contribution in [0.2, 0.25) is 0 Å². The highest BCUT2D eigenvalue weighted by molar-refractivity contribution is 7.11. The molecule has 0 bridgehead atoms. The molecule has 0 aliphatic heterocycles. The summed E-state index contributed by atoms with van der Waals surface area (Å²) in [7, 11) is 0. The Morgan fingerprint density at radius 1 is 1.29 bits per heavy atom. The molecular weight excluding hydrogens is 232 g/mol. The van der Waals surface area contributed by atoms with Gasteiger partial charge in [-0.2, -0.15) is 0 Å². The number of thiazole rings is 1. The van der Waals surface area contributed by atoms with Crippen LogP contribution in [-0.4, -0.2) is 15.0 Å². The average molecular weight is 248 g/mol. The van der Waals surface area contributed by atoms with Crippen molar-refractivity contribution in [3.8, 4) is 0 Å². The molecule has 0 aliphatic carbocycles. The molecule has 2 heterocycles. The summed E-state index contributed by atoms with van der Waals surface area (Å²) in [5, 5.41) is 4.38. The molecule has 0 saturated carbocycles. The lowest BCUT2D eigenvalue weighted by atomic mass is 10.1. The number of nitrogens with zero attached hydrogens (tertiary/aromatic N) is 3. The van der Waals surface area contributed by atoms with Crippen molar-refractivity contribution in [2.24, 2.45) is 0 Å². The van der Waals surface area contributed by atoms with Gasteiger partial charge in [-0.05, 0) is 12.8 Å². The molecule has 2 aromatic heterocycles. The van der Waals surface area contributed by atoms with Crippen LogP contribution in [0.3, 0.4) is 0 Å². The standard InChI is InChI=1S/C12H16N4S/c1-8(2)11-4-12(16-7-15-11)14-6-10-5-13-9(3)17-10/h4-5,7-8H,6H2,1-3H3,(H,14,15,16). The highest BCUT2D eigenvalue weighted by Gasteiger charge is 2.03. The topological polar surface area (TPSA) is 50.7 Å². The van der Waals surface area contributed by atoms with Crippen LogP contribution in [0.1, 0.15) is 35.3 Å². The number of anilines is 1. The van der Waals surface area contributed by atoms with Gasteiger partial charge in [0.2, 0.25) is 0 Å². The maximum Gasteiger partial charge on any atom is 0.129 e. The normalized spacial score (nSPS) is 10.8. The van der Waals surface area contributed by atoms with Gasteiger partial charge in [-0.1, -0.05) is 13.8 Å². The van der Waals surface area contributed by atoms with Crippen LogP contribution < -0.4 is 5.32 Å². The first-order chi connectivity index (χ1) is 8.15. The second-order valence-corrected chi connectivity index (χ2v) is 5.50. The van der Waals surface area contributed by atoms with E-state index >= 15 is 0 Å².